The minimum absolute atomic E-state index is 0.0993. The van der Waals surface area contributed by atoms with Crippen LogP contribution in [0.1, 0.15) is 24.8 Å². The summed E-state index contributed by atoms with van der Waals surface area (Å²) in [6.07, 6.45) is 6.39. The molecule has 0 radical (unpaired) electrons. The van der Waals surface area contributed by atoms with Gasteiger partial charge in [0.25, 0.3) is 5.91 Å². The van der Waals surface area contributed by atoms with Gasteiger partial charge in [-0.15, -0.1) is 0 Å². The number of anilines is 1. The van der Waals surface area contributed by atoms with Crippen LogP contribution in [0.25, 0.3) is 0 Å². The number of rotatable bonds is 3. The van der Waals surface area contributed by atoms with Crippen molar-refractivity contribution >= 4 is 17.3 Å². The zero-order valence-corrected chi connectivity index (χ0v) is 14.1. The van der Waals surface area contributed by atoms with E-state index in [-0.39, 0.29) is 23.4 Å². The fraction of sp³-hybridized carbons (Fsp3) is 0.350. The Morgan fingerprint density at radius 2 is 2.12 bits per heavy atom. The number of hydrogen-bond donors (Lipinski definition) is 1. The summed E-state index contributed by atoms with van der Waals surface area (Å²) in [4.78, 5) is 23.3. The van der Waals surface area contributed by atoms with Gasteiger partial charge in [0, 0.05) is 23.9 Å². The number of carbonyl (C=O) groups is 1. The highest BCUT2D eigenvalue weighted by atomic mass is 19.1. The Balaban J connectivity index is 1.51. The van der Waals surface area contributed by atoms with E-state index in [4.69, 9.17) is 4.84 Å². The third kappa shape index (κ3) is 2.04. The molecule has 1 aromatic heterocycles. The van der Waals surface area contributed by atoms with E-state index in [1.165, 1.54) is 6.07 Å². The number of nitrogens with zero attached hydrogens (tertiary/aromatic N) is 2. The topological polar surface area (TPSA) is 63.6 Å². The predicted octanol–water partition coefficient (Wildman–Crippen LogP) is 3.38. The van der Waals surface area contributed by atoms with Crippen LogP contribution < -0.4 is 5.32 Å². The van der Waals surface area contributed by atoms with Crippen molar-refractivity contribution < 1.29 is 14.0 Å². The molecule has 1 amide bonds. The van der Waals surface area contributed by atoms with Crippen LogP contribution in [-0.2, 0) is 9.63 Å². The molecule has 5 rings (SSSR count). The van der Waals surface area contributed by atoms with E-state index in [2.05, 4.69) is 15.5 Å². The van der Waals surface area contributed by atoms with Gasteiger partial charge in [0.2, 0.25) is 5.60 Å². The van der Waals surface area contributed by atoms with E-state index in [9.17, 15) is 9.18 Å². The highest BCUT2D eigenvalue weighted by Crippen LogP contribution is 2.60. The van der Waals surface area contributed by atoms with Crippen LogP contribution in [0.15, 0.2) is 53.9 Å². The number of pyridine rings is 1. The summed E-state index contributed by atoms with van der Waals surface area (Å²) < 4.78 is 14.0. The molecule has 2 saturated carbocycles. The first kappa shape index (κ1) is 15.5. The van der Waals surface area contributed by atoms with Crippen molar-refractivity contribution in [1.82, 2.24) is 4.98 Å². The van der Waals surface area contributed by atoms with E-state index in [0.717, 1.165) is 30.5 Å². The first-order chi connectivity index (χ1) is 12.7. The summed E-state index contributed by atoms with van der Waals surface area (Å²) in [5, 5.41) is 7.05. The van der Waals surface area contributed by atoms with Crippen LogP contribution >= 0.6 is 0 Å². The minimum Gasteiger partial charge on any atom is -0.378 e. The molecule has 0 saturated heterocycles. The van der Waals surface area contributed by atoms with Gasteiger partial charge >= 0.3 is 0 Å². The monoisotopic (exact) mass is 351 g/mol. The molecule has 26 heavy (non-hydrogen) atoms. The van der Waals surface area contributed by atoms with Gasteiger partial charge in [-0.2, -0.15) is 0 Å². The highest BCUT2D eigenvalue weighted by Gasteiger charge is 2.69. The van der Waals surface area contributed by atoms with Gasteiger partial charge in [0.1, 0.15) is 5.82 Å². The molecule has 2 heterocycles. The summed E-state index contributed by atoms with van der Waals surface area (Å²) in [6, 6.07) is 9.97. The highest BCUT2D eigenvalue weighted by molar-refractivity contribution is 6.10. The van der Waals surface area contributed by atoms with Crippen molar-refractivity contribution in [3.05, 3.63) is 60.2 Å². The van der Waals surface area contributed by atoms with Crippen LogP contribution in [0.5, 0.6) is 0 Å². The lowest BCUT2D eigenvalue weighted by Gasteiger charge is -2.35. The Morgan fingerprint density at radius 1 is 1.23 bits per heavy atom. The molecule has 4 unspecified atom stereocenters. The summed E-state index contributed by atoms with van der Waals surface area (Å²) in [5.41, 5.74) is 0.794. The number of carbonyl (C=O) groups excluding carboxylic acids is 1. The van der Waals surface area contributed by atoms with Crippen molar-refractivity contribution in [2.45, 2.75) is 24.9 Å². The van der Waals surface area contributed by atoms with Crippen LogP contribution in [-0.4, -0.2) is 22.2 Å². The first-order valence-corrected chi connectivity index (χ1v) is 8.92. The molecule has 5 nitrogen and oxygen atoms in total. The Bertz CT molecular complexity index is 901. The van der Waals surface area contributed by atoms with Crippen molar-refractivity contribution in [2.24, 2.45) is 22.9 Å². The Labute approximate surface area is 150 Å². The zero-order chi connectivity index (χ0) is 17.7. The van der Waals surface area contributed by atoms with Gasteiger partial charge in [0.05, 0.1) is 17.3 Å². The molecule has 2 aliphatic carbocycles. The van der Waals surface area contributed by atoms with Gasteiger partial charge in [0.15, 0.2) is 0 Å². The largest absolute Gasteiger partial charge is 0.378 e. The maximum absolute atomic E-state index is 14.0. The van der Waals surface area contributed by atoms with E-state index in [0.29, 0.717) is 5.92 Å². The molecule has 1 aromatic carbocycles. The van der Waals surface area contributed by atoms with Crippen molar-refractivity contribution in [2.75, 3.05) is 5.32 Å². The second kappa shape index (κ2) is 5.62. The predicted molar refractivity (Wildman–Crippen MR) is 93.9 cm³/mol. The zero-order valence-electron chi connectivity index (χ0n) is 14.1. The van der Waals surface area contributed by atoms with Crippen LogP contribution in [0, 0.1) is 23.6 Å². The van der Waals surface area contributed by atoms with Gasteiger partial charge in [-0.1, -0.05) is 17.3 Å². The molecule has 1 aliphatic heterocycles. The van der Waals surface area contributed by atoms with Crippen molar-refractivity contribution in [3.8, 4) is 0 Å². The molecular formula is C20H18FN3O2. The average molecular weight is 351 g/mol. The number of amides is 1. The number of halogens is 1. The number of hydrogen-bond acceptors (Lipinski definition) is 4. The van der Waals surface area contributed by atoms with Crippen LogP contribution in [0.3, 0.4) is 0 Å². The molecule has 2 fully saturated rings. The summed E-state index contributed by atoms with van der Waals surface area (Å²) in [7, 11) is 0. The fourth-order valence-electron chi connectivity index (χ4n) is 4.95. The molecule has 6 heteroatoms. The first-order valence-electron chi connectivity index (χ1n) is 8.92. The normalized spacial score (nSPS) is 31.3. The second-order valence-electron chi connectivity index (χ2n) is 7.28. The quantitative estimate of drug-likeness (QED) is 0.922. The lowest BCUT2D eigenvalue weighted by Crippen LogP contribution is -2.53. The molecule has 4 atom stereocenters. The molecule has 132 valence electrons. The molecule has 2 aromatic rings. The third-order valence-electron chi connectivity index (χ3n) is 6.04. The van der Waals surface area contributed by atoms with E-state index in [1.807, 2.05) is 12.1 Å². The molecule has 3 aliphatic rings. The SMILES string of the molecule is O=C(Nc1ccccc1F)C12ON=C(c3cccnc3)C1C1CCC2C1. The van der Waals surface area contributed by atoms with E-state index < -0.39 is 11.4 Å². The van der Waals surface area contributed by atoms with Gasteiger partial charge in [-0.3, -0.25) is 9.78 Å². The maximum Gasteiger partial charge on any atom is 0.272 e. The Morgan fingerprint density at radius 3 is 2.92 bits per heavy atom. The van der Waals surface area contributed by atoms with Crippen molar-refractivity contribution in [1.29, 1.82) is 0 Å². The lowest BCUT2D eigenvalue weighted by atomic mass is 9.72. The summed E-state index contributed by atoms with van der Waals surface area (Å²) in [6.45, 7) is 0. The number of oxime groups is 1. The number of fused-ring (bicyclic) bond motifs is 5. The lowest BCUT2D eigenvalue weighted by molar-refractivity contribution is -0.149. The van der Waals surface area contributed by atoms with E-state index in [1.54, 1.807) is 30.6 Å². The Hall–Kier alpha value is -2.76. The number of aromatic nitrogens is 1. The molecule has 0 spiro atoms. The molecular weight excluding hydrogens is 333 g/mol. The van der Waals surface area contributed by atoms with Crippen LogP contribution in [0.4, 0.5) is 10.1 Å². The third-order valence-corrected chi connectivity index (χ3v) is 6.04. The summed E-state index contributed by atoms with van der Waals surface area (Å²) >= 11 is 0. The molecule has 2 bridgehead atoms. The number of para-hydroxylation sites is 1. The second-order valence-corrected chi connectivity index (χ2v) is 7.28. The van der Waals surface area contributed by atoms with Gasteiger partial charge in [-0.05, 0) is 49.4 Å². The van der Waals surface area contributed by atoms with Gasteiger partial charge in [-0.25, -0.2) is 4.39 Å². The molecule has 1 N–H and O–H groups in total. The van der Waals surface area contributed by atoms with E-state index >= 15 is 0 Å². The maximum atomic E-state index is 14.0. The average Bonchev–Trinajstić information content (AvgIpc) is 3.36. The minimum atomic E-state index is -1.05. The number of nitrogens with one attached hydrogen (secondary N) is 1. The van der Waals surface area contributed by atoms with Crippen molar-refractivity contribution in [3.63, 3.8) is 0 Å². The standard InChI is InChI=1S/C20H18FN3O2/c21-15-5-1-2-6-16(15)23-19(25)20-14-8-7-12(10-14)17(20)18(24-26-20)13-4-3-9-22-11-13/h1-6,9,11-12,14,17H,7-8,10H2,(H,23,25). The fourth-order valence-corrected chi connectivity index (χ4v) is 4.95. The summed E-state index contributed by atoms with van der Waals surface area (Å²) in [5.74, 6) is -0.418. The van der Waals surface area contributed by atoms with Crippen LogP contribution in [0.2, 0.25) is 0 Å². The Kier molecular flexibility index (Phi) is 3.35. The number of benzene rings is 1. The van der Waals surface area contributed by atoms with Gasteiger partial charge < -0.3 is 10.2 Å². The smallest absolute Gasteiger partial charge is 0.272 e.